The van der Waals surface area contributed by atoms with E-state index in [2.05, 4.69) is 32.0 Å². The predicted molar refractivity (Wildman–Crippen MR) is 69.2 cm³/mol. The van der Waals surface area contributed by atoms with Gasteiger partial charge in [0.05, 0.1) is 6.10 Å². The smallest absolute Gasteiger partial charge is 0.0610 e. The zero-order valence-corrected chi connectivity index (χ0v) is 10.8. The molecule has 0 spiro atoms. The molecule has 1 aromatic rings. The zero-order valence-electron chi connectivity index (χ0n) is 10.8. The molecule has 1 atom stereocenters. The van der Waals surface area contributed by atoms with Crippen molar-refractivity contribution >= 4 is 0 Å². The van der Waals surface area contributed by atoms with Crippen LogP contribution in [0.15, 0.2) is 18.2 Å². The number of rotatable bonds is 3. The van der Waals surface area contributed by atoms with Crippen molar-refractivity contribution in [3.8, 4) is 0 Å². The number of aryl methyl sites for hydroxylation is 2. The summed E-state index contributed by atoms with van der Waals surface area (Å²) < 4.78 is 5.33. The topological polar surface area (TPSA) is 29.5 Å². The lowest BCUT2D eigenvalue weighted by atomic mass is 9.89. The molecule has 1 aliphatic rings. The second kappa shape index (κ2) is 5.65. The Balaban J connectivity index is 1.99. The van der Waals surface area contributed by atoms with Gasteiger partial charge >= 0.3 is 0 Å². The molecule has 17 heavy (non-hydrogen) atoms. The van der Waals surface area contributed by atoms with Crippen LogP contribution < -0.4 is 0 Å². The van der Waals surface area contributed by atoms with Crippen molar-refractivity contribution in [1.82, 2.24) is 0 Å². The first-order valence-electron chi connectivity index (χ1n) is 6.48. The minimum absolute atomic E-state index is 0.222. The Morgan fingerprint density at radius 2 is 1.76 bits per heavy atom. The number of aliphatic hydroxyl groups excluding tert-OH is 1. The number of ether oxygens (including phenoxy) is 1. The summed E-state index contributed by atoms with van der Waals surface area (Å²) in [6.07, 6.45) is 2.53. The molecule has 2 heteroatoms. The summed E-state index contributed by atoms with van der Waals surface area (Å²) in [4.78, 5) is 0. The highest BCUT2D eigenvalue weighted by atomic mass is 16.5. The van der Waals surface area contributed by atoms with Gasteiger partial charge in [-0.25, -0.2) is 0 Å². The number of hydrogen-bond donors (Lipinski definition) is 1. The van der Waals surface area contributed by atoms with E-state index in [4.69, 9.17) is 4.74 Å². The van der Waals surface area contributed by atoms with Gasteiger partial charge in [-0.3, -0.25) is 0 Å². The van der Waals surface area contributed by atoms with Crippen molar-refractivity contribution in [1.29, 1.82) is 0 Å². The Hall–Kier alpha value is -0.860. The number of benzene rings is 1. The first-order chi connectivity index (χ1) is 8.15. The maximum absolute atomic E-state index is 10.3. The lowest BCUT2D eigenvalue weighted by Crippen LogP contribution is -2.28. The zero-order chi connectivity index (χ0) is 12.3. The third-order valence-electron chi connectivity index (χ3n) is 3.54. The molecule has 2 rings (SSSR count). The summed E-state index contributed by atoms with van der Waals surface area (Å²) >= 11 is 0. The fourth-order valence-electron chi connectivity index (χ4n) is 2.70. The second-order valence-corrected chi connectivity index (χ2v) is 5.22. The van der Waals surface area contributed by atoms with Crippen LogP contribution in [0, 0.1) is 19.8 Å². The molecule has 1 heterocycles. The standard InChI is InChI=1S/C15H22O2/c1-11-7-12(2)9-13(8-11)10-15(16)14-3-5-17-6-4-14/h7-9,14-16H,3-6,10H2,1-2H3. The number of aliphatic hydroxyl groups is 1. The summed E-state index contributed by atoms with van der Waals surface area (Å²) in [6.45, 7) is 5.82. The summed E-state index contributed by atoms with van der Waals surface area (Å²) in [6, 6.07) is 6.52. The van der Waals surface area contributed by atoms with E-state index in [-0.39, 0.29) is 6.10 Å². The highest BCUT2D eigenvalue weighted by Gasteiger charge is 2.22. The maximum atomic E-state index is 10.3. The largest absolute Gasteiger partial charge is 0.392 e. The highest BCUT2D eigenvalue weighted by Crippen LogP contribution is 2.22. The molecular weight excluding hydrogens is 212 g/mol. The molecule has 1 N–H and O–H groups in total. The lowest BCUT2D eigenvalue weighted by Gasteiger charge is -2.26. The third kappa shape index (κ3) is 3.55. The van der Waals surface area contributed by atoms with Crippen molar-refractivity contribution in [3.63, 3.8) is 0 Å². The van der Waals surface area contributed by atoms with Gasteiger partial charge in [0, 0.05) is 13.2 Å². The summed E-state index contributed by atoms with van der Waals surface area (Å²) in [5.41, 5.74) is 3.81. The van der Waals surface area contributed by atoms with Crippen LogP contribution in [-0.2, 0) is 11.2 Å². The minimum Gasteiger partial charge on any atom is -0.392 e. The van der Waals surface area contributed by atoms with E-state index >= 15 is 0 Å². The van der Waals surface area contributed by atoms with Gasteiger partial charge in [-0.2, -0.15) is 0 Å². The molecule has 0 radical (unpaired) electrons. The summed E-state index contributed by atoms with van der Waals surface area (Å²) in [5, 5.41) is 10.3. The lowest BCUT2D eigenvalue weighted by molar-refractivity contribution is 0.00839. The van der Waals surface area contributed by atoms with Gasteiger partial charge in [0.25, 0.3) is 0 Å². The Morgan fingerprint density at radius 1 is 1.18 bits per heavy atom. The van der Waals surface area contributed by atoms with Gasteiger partial charge in [0.1, 0.15) is 0 Å². The molecule has 0 aliphatic carbocycles. The SMILES string of the molecule is Cc1cc(C)cc(CC(O)C2CCOCC2)c1. The molecule has 1 aromatic carbocycles. The molecular formula is C15H22O2. The van der Waals surface area contributed by atoms with Crippen LogP contribution in [0.3, 0.4) is 0 Å². The quantitative estimate of drug-likeness (QED) is 0.871. The fourth-order valence-corrected chi connectivity index (χ4v) is 2.70. The van der Waals surface area contributed by atoms with Gasteiger partial charge in [-0.05, 0) is 44.6 Å². The Bertz CT molecular complexity index is 347. The molecule has 0 aromatic heterocycles. The summed E-state index contributed by atoms with van der Waals surface area (Å²) in [7, 11) is 0. The van der Waals surface area contributed by atoms with Crippen LogP contribution >= 0.6 is 0 Å². The molecule has 1 saturated heterocycles. The van der Waals surface area contributed by atoms with E-state index < -0.39 is 0 Å². The molecule has 0 saturated carbocycles. The van der Waals surface area contributed by atoms with Crippen LogP contribution in [0.25, 0.3) is 0 Å². The fraction of sp³-hybridized carbons (Fsp3) is 0.600. The van der Waals surface area contributed by atoms with Gasteiger partial charge in [-0.15, -0.1) is 0 Å². The van der Waals surface area contributed by atoms with E-state index in [0.717, 1.165) is 32.5 Å². The van der Waals surface area contributed by atoms with E-state index in [1.807, 2.05) is 0 Å². The summed E-state index contributed by atoms with van der Waals surface area (Å²) in [5.74, 6) is 0.407. The van der Waals surface area contributed by atoms with Crippen LogP contribution in [0.2, 0.25) is 0 Å². The molecule has 2 nitrogen and oxygen atoms in total. The van der Waals surface area contributed by atoms with E-state index in [1.165, 1.54) is 16.7 Å². The first-order valence-corrected chi connectivity index (χ1v) is 6.48. The van der Waals surface area contributed by atoms with E-state index in [0.29, 0.717) is 5.92 Å². The van der Waals surface area contributed by atoms with Crippen molar-refractivity contribution in [2.75, 3.05) is 13.2 Å². The van der Waals surface area contributed by atoms with Crippen LogP contribution in [0.5, 0.6) is 0 Å². The predicted octanol–water partition coefficient (Wildman–Crippen LogP) is 2.63. The van der Waals surface area contributed by atoms with E-state index in [9.17, 15) is 5.11 Å². The van der Waals surface area contributed by atoms with Crippen molar-refractivity contribution in [2.24, 2.45) is 5.92 Å². The van der Waals surface area contributed by atoms with Crippen molar-refractivity contribution in [2.45, 2.75) is 39.2 Å². The molecule has 94 valence electrons. The van der Waals surface area contributed by atoms with Gasteiger partial charge in [0.2, 0.25) is 0 Å². The first kappa shape index (κ1) is 12.6. The van der Waals surface area contributed by atoms with Crippen molar-refractivity contribution < 1.29 is 9.84 Å². The minimum atomic E-state index is -0.222. The molecule has 1 unspecified atom stereocenters. The molecule has 0 amide bonds. The normalized spacial score (nSPS) is 19.2. The van der Waals surface area contributed by atoms with Gasteiger partial charge in [-0.1, -0.05) is 29.3 Å². The van der Waals surface area contributed by atoms with Crippen molar-refractivity contribution in [3.05, 3.63) is 34.9 Å². The monoisotopic (exact) mass is 234 g/mol. The molecule has 0 bridgehead atoms. The van der Waals surface area contributed by atoms with E-state index in [1.54, 1.807) is 0 Å². The number of hydrogen-bond acceptors (Lipinski definition) is 2. The van der Waals surface area contributed by atoms with Crippen LogP contribution in [0.1, 0.15) is 29.5 Å². The average molecular weight is 234 g/mol. The Labute approximate surface area is 104 Å². The van der Waals surface area contributed by atoms with Gasteiger partial charge < -0.3 is 9.84 Å². The maximum Gasteiger partial charge on any atom is 0.0610 e. The second-order valence-electron chi connectivity index (χ2n) is 5.22. The molecule has 1 aliphatic heterocycles. The Morgan fingerprint density at radius 3 is 2.35 bits per heavy atom. The van der Waals surface area contributed by atoms with Gasteiger partial charge in [0.15, 0.2) is 0 Å². The third-order valence-corrected chi connectivity index (χ3v) is 3.54. The molecule has 1 fully saturated rings. The van der Waals surface area contributed by atoms with Crippen LogP contribution in [-0.4, -0.2) is 24.4 Å². The highest BCUT2D eigenvalue weighted by molar-refractivity contribution is 5.29. The van der Waals surface area contributed by atoms with Crippen LogP contribution in [0.4, 0.5) is 0 Å². The Kier molecular flexibility index (Phi) is 4.19. The average Bonchev–Trinajstić information content (AvgIpc) is 2.28.